The number of nitrogens with one attached hydrogen (secondary N) is 2. The van der Waals surface area contributed by atoms with Crippen molar-refractivity contribution >= 4 is 5.91 Å². The van der Waals surface area contributed by atoms with Gasteiger partial charge in [0.15, 0.2) is 0 Å². The quantitative estimate of drug-likeness (QED) is 0.749. The van der Waals surface area contributed by atoms with Crippen LogP contribution in [0, 0.1) is 11.8 Å². The number of rotatable bonds is 6. The molecule has 1 aromatic rings. The summed E-state index contributed by atoms with van der Waals surface area (Å²) < 4.78 is 0. The summed E-state index contributed by atoms with van der Waals surface area (Å²) in [5.41, 5.74) is 0.769. The highest BCUT2D eigenvalue weighted by Gasteiger charge is 2.56. The van der Waals surface area contributed by atoms with Crippen LogP contribution < -0.4 is 10.6 Å². The van der Waals surface area contributed by atoms with E-state index in [2.05, 4.69) is 22.8 Å². The fourth-order valence-corrected chi connectivity index (χ4v) is 5.74. The summed E-state index contributed by atoms with van der Waals surface area (Å²) in [7, 11) is 0. The number of aliphatic hydroxyl groups is 1. The van der Waals surface area contributed by atoms with Gasteiger partial charge in [0.05, 0.1) is 12.1 Å². The zero-order valence-corrected chi connectivity index (χ0v) is 14.3. The van der Waals surface area contributed by atoms with E-state index in [-0.39, 0.29) is 11.4 Å². The molecule has 0 aromatic heterocycles. The number of amides is 1. The lowest BCUT2D eigenvalue weighted by atomic mass is 9.51. The van der Waals surface area contributed by atoms with Gasteiger partial charge in [-0.2, -0.15) is 0 Å². The summed E-state index contributed by atoms with van der Waals surface area (Å²) in [6, 6.07) is 10.2. The Hall–Kier alpha value is -1.39. The highest BCUT2D eigenvalue weighted by atomic mass is 16.3. The third-order valence-electron chi connectivity index (χ3n) is 6.23. The standard InChI is InChI=1S/C20H28N2O2/c23-18(21-7-6-15-4-2-1-3-5-15)13-22-19-9-16-8-17(10-19)12-20(24,11-16)14-19/h1-5,16-17,22,24H,6-14H2,(H,21,23). The summed E-state index contributed by atoms with van der Waals surface area (Å²) in [4.78, 5) is 12.2. The first kappa shape index (κ1) is 16.1. The highest BCUT2D eigenvalue weighted by Crippen LogP contribution is 2.57. The van der Waals surface area contributed by atoms with E-state index in [4.69, 9.17) is 0 Å². The van der Waals surface area contributed by atoms with E-state index in [1.54, 1.807) is 0 Å². The van der Waals surface area contributed by atoms with Gasteiger partial charge < -0.3 is 15.7 Å². The zero-order valence-electron chi connectivity index (χ0n) is 14.3. The van der Waals surface area contributed by atoms with Crippen molar-refractivity contribution in [1.29, 1.82) is 0 Å². The molecule has 3 N–H and O–H groups in total. The van der Waals surface area contributed by atoms with Crippen LogP contribution in [0.2, 0.25) is 0 Å². The minimum Gasteiger partial charge on any atom is -0.390 e. The maximum atomic E-state index is 12.2. The van der Waals surface area contributed by atoms with Crippen LogP contribution in [0.15, 0.2) is 30.3 Å². The van der Waals surface area contributed by atoms with Crippen LogP contribution in [0.3, 0.4) is 0 Å². The Labute approximate surface area is 144 Å². The van der Waals surface area contributed by atoms with Crippen molar-refractivity contribution in [2.24, 2.45) is 11.8 Å². The Morgan fingerprint density at radius 3 is 2.50 bits per heavy atom. The molecule has 2 unspecified atom stereocenters. The Morgan fingerprint density at radius 2 is 1.83 bits per heavy atom. The van der Waals surface area contributed by atoms with Crippen LogP contribution in [0.4, 0.5) is 0 Å². The minimum absolute atomic E-state index is 0.00436. The molecule has 0 radical (unpaired) electrons. The minimum atomic E-state index is -0.471. The van der Waals surface area contributed by atoms with E-state index < -0.39 is 5.60 Å². The molecule has 1 aromatic carbocycles. The average Bonchev–Trinajstić information content (AvgIpc) is 2.52. The molecule has 0 spiro atoms. The number of benzene rings is 1. The lowest BCUT2D eigenvalue weighted by molar-refractivity contribution is -0.144. The molecule has 4 heteroatoms. The van der Waals surface area contributed by atoms with Crippen LogP contribution in [0.5, 0.6) is 0 Å². The van der Waals surface area contributed by atoms with E-state index in [0.717, 1.165) is 38.5 Å². The first-order valence-electron chi connectivity index (χ1n) is 9.32. The monoisotopic (exact) mass is 328 g/mol. The Balaban J connectivity index is 1.25. The second-order valence-electron chi connectivity index (χ2n) is 8.40. The fraction of sp³-hybridized carbons (Fsp3) is 0.650. The third kappa shape index (κ3) is 3.35. The summed E-state index contributed by atoms with van der Waals surface area (Å²) >= 11 is 0. The summed E-state index contributed by atoms with van der Waals surface area (Å²) in [5, 5.41) is 17.3. The summed E-state index contributed by atoms with van der Waals surface area (Å²) in [5.74, 6) is 1.35. The van der Waals surface area contributed by atoms with E-state index >= 15 is 0 Å². The number of carbonyl (C=O) groups is 1. The first-order valence-corrected chi connectivity index (χ1v) is 9.32. The molecule has 0 aliphatic heterocycles. The van der Waals surface area contributed by atoms with Gasteiger partial charge >= 0.3 is 0 Å². The number of hydrogen-bond acceptors (Lipinski definition) is 3. The zero-order chi connectivity index (χ0) is 16.6. The van der Waals surface area contributed by atoms with Crippen molar-refractivity contribution in [1.82, 2.24) is 10.6 Å². The van der Waals surface area contributed by atoms with Crippen LogP contribution in [-0.4, -0.2) is 35.2 Å². The highest BCUT2D eigenvalue weighted by molar-refractivity contribution is 5.78. The van der Waals surface area contributed by atoms with Gasteiger partial charge in [-0.3, -0.25) is 4.79 Å². The molecular weight excluding hydrogens is 300 g/mol. The third-order valence-corrected chi connectivity index (χ3v) is 6.23. The topological polar surface area (TPSA) is 61.4 Å². The predicted octanol–water partition coefficient (Wildman–Crippen LogP) is 2.02. The van der Waals surface area contributed by atoms with Crippen molar-refractivity contribution < 1.29 is 9.90 Å². The van der Waals surface area contributed by atoms with Crippen molar-refractivity contribution in [3.05, 3.63) is 35.9 Å². The molecule has 1 amide bonds. The molecular formula is C20H28N2O2. The Bertz CT molecular complexity index is 587. The van der Waals surface area contributed by atoms with Crippen LogP contribution in [0.1, 0.15) is 44.1 Å². The molecule has 4 saturated carbocycles. The maximum absolute atomic E-state index is 12.2. The maximum Gasteiger partial charge on any atom is 0.233 e. The van der Waals surface area contributed by atoms with E-state index in [9.17, 15) is 9.90 Å². The van der Waals surface area contributed by atoms with Gasteiger partial charge in [0, 0.05) is 12.1 Å². The molecule has 4 aliphatic rings. The Kier molecular flexibility index (Phi) is 4.13. The molecule has 4 aliphatic carbocycles. The van der Waals surface area contributed by atoms with E-state index in [1.165, 1.54) is 12.0 Å². The average molecular weight is 328 g/mol. The second kappa shape index (κ2) is 6.16. The van der Waals surface area contributed by atoms with Crippen molar-refractivity contribution in [3.63, 3.8) is 0 Å². The van der Waals surface area contributed by atoms with Crippen LogP contribution in [-0.2, 0) is 11.2 Å². The van der Waals surface area contributed by atoms with Gasteiger partial charge in [-0.05, 0) is 62.3 Å². The molecule has 2 atom stereocenters. The lowest BCUT2D eigenvalue weighted by Gasteiger charge is -2.60. The molecule has 0 heterocycles. The van der Waals surface area contributed by atoms with Gasteiger partial charge in [0.1, 0.15) is 0 Å². The second-order valence-corrected chi connectivity index (χ2v) is 8.40. The molecule has 4 nitrogen and oxygen atoms in total. The van der Waals surface area contributed by atoms with E-state index in [0.29, 0.717) is 24.9 Å². The fourth-order valence-electron chi connectivity index (χ4n) is 5.74. The lowest BCUT2D eigenvalue weighted by Crippen LogP contribution is -2.65. The summed E-state index contributed by atoms with van der Waals surface area (Å²) in [6.45, 7) is 1.04. The van der Waals surface area contributed by atoms with Crippen LogP contribution in [0.25, 0.3) is 0 Å². The van der Waals surface area contributed by atoms with Gasteiger partial charge in [0.25, 0.3) is 0 Å². The van der Waals surface area contributed by atoms with Crippen molar-refractivity contribution in [3.8, 4) is 0 Å². The van der Waals surface area contributed by atoms with Gasteiger partial charge in [-0.15, -0.1) is 0 Å². The normalized spacial score (nSPS) is 36.7. The number of carbonyl (C=O) groups excluding carboxylic acids is 1. The first-order chi connectivity index (χ1) is 11.5. The molecule has 4 bridgehead atoms. The van der Waals surface area contributed by atoms with Gasteiger partial charge in [-0.1, -0.05) is 30.3 Å². The molecule has 4 fully saturated rings. The summed E-state index contributed by atoms with van der Waals surface area (Å²) in [6.07, 6.45) is 7.15. The largest absolute Gasteiger partial charge is 0.390 e. The van der Waals surface area contributed by atoms with Crippen molar-refractivity contribution in [2.75, 3.05) is 13.1 Å². The van der Waals surface area contributed by atoms with Crippen LogP contribution >= 0.6 is 0 Å². The molecule has 5 rings (SSSR count). The molecule has 130 valence electrons. The molecule has 24 heavy (non-hydrogen) atoms. The SMILES string of the molecule is O=C(CNC12CC3CC(CC(O)(C3)C1)C2)NCCc1ccccc1. The van der Waals surface area contributed by atoms with E-state index in [1.807, 2.05) is 18.2 Å². The smallest absolute Gasteiger partial charge is 0.233 e. The van der Waals surface area contributed by atoms with Crippen molar-refractivity contribution in [2.45, 2.75) is 56.1 Å². The van der Waals surface area contributed by atoms with Gasteiger partial charge in [-0.25, -0.2) is 0 Å². The Morgan fingerprint density at radius 1 is 1.12 bits per heavy atom. The molecule has 0 saturated heterocycles. The number of hydrogen-bond donors (Lipinski definition) is 3. The van der Waals surface area contributed by atoms with Gasteiger partial charge in [0.2, 0.25) is 5.91 Å². The predicted molar refractivity (Wildman–Crippen MR) is 93.5 cm³/mol.